The maximum Gasteiger partial charge on any atom is 0.142 e. The van der Waals surface area contributed by atoms with Crippen LogP contribution in [0.1, 0.15) is 39.2 Å². The monoisotopic (exact) mass is 298 g/mol. The third-order valence-electron chi connectivity index (χ3n) is 4.65. The highest BCUT2D eigenvalue weighted by Gasteiger charge is 2.37. The summed E-state index contributed by atoms with van der Waals surface area (Å²) in [5.41, 5.74) is 1.02. The Morgan fingerprint density at radius 2 is 2.10 bits per heavy atom. The molecule has 112 valence electrons. The van der Waals surface area contributed by atoms with Gasteiger partial charge in [-0.2, -0.15) is 0 Å². The van der Waals surface area contributed by atoms with Crippen LogP contribution in [0.15, 0.2) is 18.2 Å². The molecule has 2 nitrogen and oxygen atoms in total. The lowest BCUT2D eigenvalue weighted by Gasteiger charge is -2.49. The second-order valence-electron chi connectivity index (χ2n) is 5.81. The van der Waals surface area contributed by atoms with Gasteiger partial charge in [-0.3, -0.25) is 4.90 Å². The summed E-state index contributed by atoms with van der Waals surface area (Å²) < 4.78 is 13.6. The number of rotatable bonds is 4. The van der Waals surface area contributed by atoms with Gasteiger partial charge in [0.05, 0.1) is 5.02 Å². The van der Waals surface area contributed by atoms with Gasteiger partial charge in [-0.05, 0) is 31.4 Å². The fourth-order valence-electron chi connectivity index (χ4n) is 3.12. The predicted molar refractivity (Wildman–Crippen MR) is 82.6 cm³/mol. The Labute approximate surface area is 126 Å². The quantitative estimate of drug-likeness (QED) is 0.909. The van der Waals surface area contributed by atoms with E-state index in [4.69, 9.17) is 11.6 Å². The molecule has 0 spiro atoms. The Morgan fingerprint density at radius 3 is 2.75 bits per heavy atom. The largest absolute Gasteiger partial charge is 0.311 e. The Kier molecular flexibility index (Phi) is 5.05. The molecule has 1 fully saturated rings. The topological polar surface area (TPSA) is 15.3 Å². The SMILES string of the molecule is CCC1(CC)CNC(C)CN1Cc1cccc(F)c1Cl. The number of benzene rings is 1. The first-order chi connectivity index (χ1) is 9.52. The van der Waals surface area contributed by atoms with Crippen LogP contribution in [0.2, 0.25) is 5.02 Å². The summed E-state index contributed by atoms with van der Waals surface area (Å²) in [7, 11) is 0. The van der Waals surface area contributed by atoms with Gasteiger partial charge in [0.2, 0.25) is 0 Å². The number of hydrogen-bond acceptors (Lipinski definition) is 2. The molecule has 0 radical (unpaired) electrons. The summed E-state index contributed by atoms with van der Waals surface area (Å²) >= 11 is 6.11. The van der Waals surface area contributed by atoms with Gasteiger partial charge in [0.1, 0.15) is 5.82 Å². The van der Waals surface area contributed by atoms with Crippen LogP contribution in [0.25, 0.3) is 0 Å². The van der Waals surface area contributed by atoms with E-state index in [0.29, 0.717) is 12.6 Å². The maximum atomic E-state index is 13.6. The van der Waals surface area contributed by atoms with Crippen molar-refractivity contribution in [2.45, 2.75) is 51.7 Å². The minimum absolute atomic E-state index is 0.141. The Bertz CT molecular complexity index is 460. The van der Waals surface area contributed by atoms with E-state index in [1.54, 1.807) is 6.07 Å². The van der Waals surface area contributed by atoms with Gasteiger partial charge in [-0.1, -0.05) is 37.6 Å². The van der Waals surface area contributed by atoms with Gasteiger partial charge in [0, 0.05) is 31.2 Å². The van der Waals surface area contributed by atoms with Crippen molar-refractivity contribution in [3.63, 3.8) is 0 Å². The number of nitrogens with zero attached hydrogens (tertiary/aromatic N) is 1. The Hall–Kier alpha value is -0.640. The van der Waals surface area contributed by atoms with Crippen molar-refractivity contribution in [1.82, 2.24) is 10.2 Å². The molecule has 1 heterocycles. The third-order valence-corrected chi connectivity index (χ3v) is 5.08. The molecule has 1 aromatic carbocycles. The lowest BCUT2D eigenvalue weighted by molar-refractivity contribution is 0.0278. The van der Waals surface area contributed by atoms with Gasteiger partial charge in [-0.25, -0.2) is 4.39 Å². The zero-order valence-corrected chi connectivity index (χ0v) is 13.3. The normalized spacial score (nSPS) is 22.9. The van der Waals surface area contributed by atoms with E-state index in [1.807, 2.05) is 6.07 Å². The molecule has 20 heavy (non-hydrogen) atoms. The average molecular weight is 299 g/mol. The van der Waals surface area contributed by atoms with Crippen LogP contribution in [0, 0.1) is 5.82 Å². The highest BCUT2D eigenvalue weighted by molar-refractivity contribution is 6.31. The van der Waals surface area contributed by atoms with Crippen molar-refractivity contribution >= 4 is 11.6 Å². The highest BCUT2D eigenvalue weighted by atomic mass is 35.5. The maximum absolute atomic E-state index is 13.6. The standard InChI is InChI=1S/C16H24ClFN2/c1-4-16(5-2)11-19-12(3)9-20(16)10-13-7-6-8-14(18)15(13)17/h6-8,12,19H,4-5,9-11H2,1-3H3. The minimum atomic E-state index is -0.328. The van der Waals surface area contributed by atoms with E-state index < -0.39 is 0 Å². The molecular formula is C16H24ClFN2. The van der Waals surface area contributed by atoms with E-state index in [2.05, 4.69) is 31.0 Å². The molecule has 1 aliphatic rings. The first-order valence-electron chi connectivity index (χ1n) is 7.43. The van der Waals surface area contributed by atoms with Crippen molar-refractivity contribution in [2.75, 3.05) is 13.1 Å². The smallest absolute Gasteiger partial charge is 0.142 e. The van der Waals surface area contributed by atoms with Gasteiger partial charge in [0.15, 0.2) is 0 Å². The van der Waals surface area contributed by atoms with E-state index in [0.717, 1.165) is 31.5 Å². The first kappa shape index (κ1) is 15.7. The molecule has 1 N–H and O–H groups in total. The van der Waals surface area contributed by atoms with Crippen LogP contribution >= 0.6 is 11.6 Å². The summed E-state index contributed by atoms with van der Waals surface area (Å²) in [5, 5.41) is 3.83. The summed E-state index contributed by atoms with van der Waals surface area (Å²) in [4.78, 5) is 2.47. The van der Waals surface area contributed by atoms with Crippen molar-refractivity contribution in [1.29, 1.82) is 0 Å². The molecule has 4 heteroatoms. The van der Waals surface area contributed by atoms with Crippen LogP contribution in [-0.4, -0.2) is 29.6 Å². The van der Waals surface area contributed by atoms with Gasteiger partial charge < -0.3 is 5.32 Å². The van der Waals surface area contributed by atoms with Crippen LogP contribution in [0.4, 0.5) is 4.39 Å². The molecule has 0 aromatic heterocycles. The zero-order valence-electron chi connectivity index (χ0n) is 12.5. The molecule has 2 rings (SSSR count). The molecule has 1 unspecified atom stereocenters. The molecule has 1 saturated heterocycles. The first-order valence-corrected chi connectivity index (χ1v) is 7.81. The van der Waals surface area contributed by atoms with Crippen molar-refractivity contribution in [3.8, 4) is 0 Å². The molecule has 0 saturated carbocycles. The van der Waals surface area contributed by atoms with Gasteiger partial charge in [0.25, 0.3) is 0 Å². The molecule has 1 aliphatic heterocycles. The van der Waals surface area contributed by atoms with Crippen molar-refractivity contribution in [2.24, 2.45) is 0 Å². The van der Waals surface area contributed by atoms with Crippen LogP contribution in [-0.2, 0) is 6.54 Å². The summed E-state index contributed by atoms with van der Waals surface area (Å²) in [6.45, 7) is 9.30. The highest BCUT2D eigenvalue weighted by Crippen LogP contribution is 2.30. The van der Waals surface area contributed by atoms with E-state index in [9.17, 15) is 4.39 Å². The van der Waals surface area contributed by atoms with E-state index >= 15 is 0 Å². The Morgan fingerprint density at radius 1 is 1.40 bits per heavy atom. The van der Waals surface area contributed by atoms with Gasteiger partial charge >= 0.3 is 0 Å². The fourth-order valence-corrected chi connectivity index (χ4v) is 3.31. The van der Waals surface area contributed by atoms with Crippen LogP contribution in [0.3, 0.4) is 0 Å². The van der Waals surface area contributed by atoms with Crippen molar-refractivity contribution in [3.05, 3.63) is 34.6 Å². The number of nitrogens with one attached hydrogen (secondary N) is 1. The van der Waals surface area contributed by atoms with E-state index in [-0.39, 0.29) is 16.4 Å². The summed E-state index contributed by atoms with van der Waals surface area (Å²) in [6, 6.07) is 5.53. The molecular weight excluding hydrogens is 275 g/mol. The van der Waals surface area contributed by atoms with Crippen molar-refractivity contribution < 1.29 is 4.39 Å². The second-order valence-corrected chi connectivity index (χ2v) is 6.18. The minimum Gasteiger partial charge on any atom is -0.311 e. The lowest BCUT2D eigenvalue weighted by Crippen LogP contribution is -2.63. The number of hydrogen-bond donors (Lipinski definition) is 1. The zero-order chi connectivity index (χ0) is 14.8. The predicted octanol–water partition coefficient (Wildman–Crippen LogP) is 3.83. The second kappa shape index (κ2) is 6.42. The number of piperazine rings is 1. The summed E-state index contributed by atoms with van der Waals surface area (Å²) in [5.74, 6) is -0.328. The molecule has 1 atom stereocenters. The molecule has 0 amide bonds. The Balaban J connectivity index is 2.25. The van der Waals surface area contributed by atoms with E-state index in [1.165, 1.54) is 6.07 Å². The van der Waals surface area contributed by atoms with Gasteiger partial charge in [-0.15, -0.1) is 0 Å². The van der Waals surface area contributed by atoms with Crippen LogP contribution < -0.4 is 5.32 Å². The average Bonchev–Trinajstić information content (AvgIpc) is 2.45. The molecule has 1 aromatic rings. The van der Waals surface area contributed by atoms with Crippen LogP contribution in [0.5, 0.6) is 0 Å². The third kappa shape index (κ3) is 3.00. The molecule has 0 bridgehead atoms. The fraction of sp³-hybridized carbons (Fsp3) is 0.625. The molecule has 0 aliphatic carbocycles. The lowest BCUT2D eigenvalue weighted by atomic mass is 9.87. The number of halogens is 2. The summed E-state index contributed by atoms with van der Waals surface area (Å²) in [6.07, 6.45) is 2.16.